The van der Waals surface area contributed by atoms with Gasteiger partial charge in [-0.1, -0.05) is 84.4 Å². The Morgan fingerprint density at radius 2 is 0.957 bits per heavy atom. The Labute approximate surface area is 139 Å². The first-order valence-electron chi connectivity index (χ1n) is 7.98. The van der Waals surface area contributed by atoms with Crippen molar-refractivity contribution in [2.45, 2.75) is 21.6 Å². The van der Waals surface area contributed by atoms with E-state index in [1.54, 1.807) is 0 Å². The smallest absolute Gasteiger partial charge is 0.0155 e. The van der Waals surface area contributed by atoms with Gasteiger partial charge in [0, 0.05) is 0 Å². The molecule has 0 saturated heterocycles. The van der Waals surface area contributed by atoms with Crippen molar-refractivity contribution < 1.29 is 0 Å². The van der Waals surface area contributed by atoms with Crippen LogP contribution in [0, 0.1) is 6.92 Å². The van der Waals surface area contributed by atoms with E-state index in [9.17, 15) is 0 Å². The predicted octanol–water partition coefficient (Wildman–Crippen LogP) is 6.24. The fourth-order valence-corrected chi connectivity index (χ4v) is 8.05. The maximum Gasteiger partial charge on any atom is -0.0155 e. The Morgan fingerprint density at radius 1 is 0.522 bits per heavy atom. The lowest BCUT2D eigenvalue weighted by Gasteiger charge is -2.73. The molecule has 0 aliphatic rings. The highest BCUT2D eigenvalue weighted by atomic mass is 32.4. The number of hydrogen-bond donors (Lipinski definition) is 0. The Hall–Kier alpha value is -1.99. The lowest BCUT2D eigenvalue weighted by Crippen LogP contribution is -2.33. The van der Waals surface area contributed by atoms with Crippen LogP contribution in [0.3, 0.4) is 0 Å². The summed E-state index contributed by atoms with van der Waals surface area (Å²) in [5.41, 5.74) is 1.31. The van der Waals surface area contributed by atoms with Crippen molar-refractivity contribution in [2.75, 3.05) is 18.8 Å². The summed E-state index contributed by atoms with van der Waals surface area (Å²) in [7, 11) is -2.87. The van der Waals surface area contributed by atoms with Gasteiger partial charge in [0.05, 0.1) is 0 Å². The van der Waals surface area contributed by atoms with Crippen LogP contribution in [0.5, 0.6) is 0 Å². The first-order valence-corrected chi connectivity index (χ1v) is 11.7. The molecule has 0 aliphatic heterocycles. The second kappa shape index (κ2) is 4.75. The summed E-state index contributed by atoms with van der Waals surface area (Å²) < 4.78 is 0. The van der Waals surface area contributed by atoms with Crippen LogP contribution in [0.2, 0.25) is 0 Å². The third-order valence-electron chi connectivity index (χ3n) is 5.30. The van der Waals surface area contributed by atoms with Crippen LogP contribution < -0.4 is 0 Å². The van der Waals surface area contributed by atoms with E-state index in [0.29, 0.717) is 0 Å². The first-order chi connectivity index (χ1) is 10.8. The molecule has 0 unspecified atom stereocenters. The van der Waals surface area contributed by atoms with Crippen molar-refractivity contribution in [3.63, 3.8) is 0 Å². The molecular weight excluding hydrogens is 296 g/mol. The minimum Gasteiger partial charge on any atom is -0.219 e. The van der Waals surface area contributed by atoms with Gasteiger partial charge in [0.2, 0.25) is 0 Å². The maximum atomic E-state index is 2.47. The molecule has 0 nitrogen and oxygen atoms in total. The summed E-state index contributed by atoms with van der Waals surface area (Å²) >= 11 is 0. The first kappa shape index (κ1) is 15.9. The fraction of sp³-hybridized carbons (Fsp3) is 0.182. The summed E-state index contributed by atoms with van der Waals surface area (Å²) in [6, 6.07) is 31.0. The van der Waals surface area contributed by atoms with Crippen LogP contribution in [0.15, 0.2) is 99.6 Å². The molecule has 120 valence electrons. The summed E-state index contributed by atoms with van der Waals surface area (Å²) in [4.78, 5) is 4.23. The Balaban J connectivity index is 2.50. The lowest BCUT2D eigenvalue weighted by atomic mass is 10.2. The van der Waals surface area contributed by atoms with Gasteiger partial charge in [0.25, 0.3) is 0 Å². The Bertz CT molecular complexity index is 791. The molecule has 0 amide bonds. The molecule has 3 rings (SSSR count). The van der Waals surface area contributed by atoms with Crippen LogP contribution in [0.1, 0.15) is 5.56 Å². The molecule has 0 bridgehead atoms. The van der Waals surface area contributed by atoms with Crippen LogP contribution in [-0.2, 0) is 0 Å². The lowest BCUT2D eigenvalue weighted by molar-refractivity contribution is 1.20. The van der Waals surface area contributed by atoms with E-state index in [2.05, 4.69) is 111 Å². The molecule has 1 heteroatoms. The molecule has 0 aromatic heterocycles. The molecule has 3 aromatic carbocycles. The molecule has 0 N–H and O–H groups in total. The number of rotatable bonds is 3. The number of benzene rings is 3. The van der Waals surface area contributed by atoms with E-state index < -0.39 is 8.29 Å². The highest BCUT2D eigenvalue weighted by Gasteiger charge is 2.52. The summed E-state index contributed by atoms with van der Waals surface area (Å²) in [6.45, 7) is 2.18. The van der Waals surface area contributed by atoms with Crippen LogP contribution in [-0.4, -0.2) is 18.8 Å². The molecule has 0 spiro atoms. The highest BCUT2D eigenvalue weighted by molar-refractivity contribution is 8.63. The van der Waals surface area contributed by atoms with Gasteiger partial charge in [-0.2, -0.15) is 0 Å². The van der Waals surface area contributed by atoms with Crippen molar-refractivity contribution in [1.82, 2.24) is 0 Å². The quantitative estimate of drug-likeness (QED) is 0.535. The van der Waals surface area contributed by atoms with Gasteiger partial charge in [-0.05, 0) is 46.4 Å². The van der Waals surface area contributed by atoms with Crippen LogP contribution in [0.25, 0.3) is 0 Å². The largest absolute Gasteiger partial charge is 0.219 e. The van der Waals surface area contributed by atoms with Crippen LogP contribution in [0.4, 0.5) is 0 Å². The highest BCUT2D eigenvalue weighted by Crippen LogP contribution is 2.96. The average molecular weight is 323 g/mol. The molecule has 0 fully saturated rings. The normalized spacial score (nSPS) is 14.8. The third kappa shape index (κ3) is 2.22. The van der Waals surface area contributed by atoms with Crippen molar-refractivity contribution >= 4 is 8.29 Å². The second-order valence-electron chi connectivity index (χ2n) is 7.81. The molecule has 3 aromatic rings. The summed E-state index contributed by atoms with van der Waals surface area (Å²) in [6.07, 6.45) is 7.42. The molecule has 0 saturated carbocycles. The van der Waals surface area contributed by atoms with Gasteiger partial charge in [0.1, 0.15) is 0 Å². The SMILES string of the molecule is Cc1cccc(S(C)(C)(C)(c2ccccc2)c2ccccc2)c1. The zero-order valence-electron chi connectivity index (χ0n) is 14.5. The third-order valence-corrected chi connectivity index (χ3v) is 11.8. The summed E-state index contributed by atoms with van der Waals surface area (Å²) in [5, 5.41) is 0. The molecule has 23 heavy (non-hydrogen) atoms. The minimum absolute atomic E-state index is 1.31. The molecule has 0 radical (unpaired) electrons. The standard InChI is InChI=1S/C22H26S/c1-19-12-11-17-22(18-19)23(2,3,4,20-13-7-5-8-14-20)21-15-9-6-10-16-21/h5-18H,1-4H3. The van der Waals surface area contributed by atoms with Crippen LogP contribution >= 0.6 is 8.29 Å². The van der Waals surface area contributed by atoms with E-state index in [4.69, 9.17) is 0 Å². The zero-order valence-corrected chi connectivity index (χ0v) is 15.3. The molecule has 0 heterocycles. The monoisotopic (exact) mass is 322 g/mol. The van der Waals surface area contributed by atoms with Crippen molar-refractivity contribution in [1.29, 1.82) is 0 Å². The average Bonchev–Trinajstić information content (AvgIpc) is 2.57. The van der Waals surface area contributed by atoms with Crippen molar-refractivity contribution in [2.24, 2.45) is 0 Å². The van der Waals surface area contributed by atoms with E-state index in [0.717, 1.165) is 0 Å². The summed E-state index contributed by atoms with van der Waals surface area (Å²) in [5.74, 6) is 0. The van der Waals surface area contributed by atoms with E-state index in [1.165, 1.54) is 20.2 Å². The molecule has 0 aliphatic carbocycles. The van der Waals surface area contributed by atoms with Gasteiger partial charge in [-0.15, -0.1) is 0 Å². The van der Waals surface area contributed by atoms with E-state index in [-0.39, 0.29) is 0 Å². The van der Waals surface area contributed by atoms with E-state index >= 15 is 0 Å². The minimum atomic E-state index is -2.87. The van der Waals surface area contributed by atoms with Crippen molar-refractivity contribution in [3.05, 3.63) is 90.5 Å². The maximum absolute atomic E-state index is 2.87. The Kier molecular flexibility index (Phi) is 3.28. The topological polar surface area (TPSA) is 0 Å². The van der Waals surface area contributed by atoms with Gasteiger partial charge < -0.3 is 0 Å². The predicted molar refractivity (Wildman–Crippen MR) is 104 cm³/mol. The van der Waals surface area contributed by atoms with E-state index in [1.807, 2.05) is 0 Å². The van der Waals surface area contributed by atoms with Gasteiger partial charge >= 0.3 is 0 Å². The molecular formula is C22H26S. The van der Waals surface area contributed by atoms with Gasteiger partial charge in [-0.25, -0.2) is 8.29 Å². The van der Waals surface area contributed by atoms with Crippen molar-refractivity contribution in [3.8, 4) is 0 Å². The second-order valence-corrected chi connectivity index (χ2v) is 16.0. The zero-order chi connectivity index (χ0) is 16.6. The van der Waals surface area contributed by atoms with Gasteiger partial charge in [-0.3, -0.25) is 0 Å². The number of aryl methyl sites for hydroxylation is 1. The van der Waals surface area contributed by atoms with Gasteiger partial charge in [0.15, 0.2) is 0 Å². The fourth-order valence-electron chi connectivity index (χ4n) is 3.46. The molecule has 0 atom stereocenters. The number of hydrogen-bond acceptors (Lipinski definition) is 0. The Morgan fingerprint density at radius 3 is 1.39 bits per heavy atom.